The first-order valence-corrected chi connectivity index (χ1v) is 16.1. The van der Waals surface area contributed by atoms with Crippen molar-refractivity contribution in [2.24, 2.45) is 0 Å². The molecule has 0 aromatic heterocycles. The van der Waals surface area contributed by atoms with Crippen LogP contribution in [0.5, 0.6) is 0 Å². The highest BCUT2D eigenvalue weighted by atomic mass is 31.2. The molecule has 0 aliphatic heterocycles. The normalized spacial score (nSPS) is 14.7. The van der Waals surface area contributed by atoms with E-state index in [0.29, 0.717) is 12.8 Å². The second-order valence-corrected chi connectivity index (χ2v) is 11.2. The Morgan fingerprint density at radius 3 is 1.95 bits per heavy atom. The minimum Gasteiger partial charge on any atom is -0.462 e. The molecule has 0 aromatic carbocycles. The molecule has 0 saturated carbocycles. The van der Waals surface area contributed by atoms with Crippen molar-refractivity contribution in [3.8, 4) is 0 Å². The molecular weight excluding hydrogens is 527 g/mol. The van der Waals surface area contributed by atoms with Gasteiger partial charge in [-0.15, -0.1) is 0 Å². The molecule has 0 bridgehead atoms. The van der Waals surface area contributed by atoms with Crippen LogP contribution in [0.15, 0.2) is 12.2 Å². The lowest BCUT2D eigenvalue weighted by Crippen LogP contribution is -2.29. The minimum atomic E-state index is -4.59. The van der Waals surface area contributed by atoms with Gasteiger partial charge >= 0.3 is 19.8 Å². The summed E-state index contributed by atoms with van der Waals surface area (Å²) < 4.78 is 32.2. The summed E-state index contributed by atoms with van der Waals surface area (Å²) in [4.78, 5) is 34.3. The molecule has 0 aliphatic rings. The van der Waals surface area contributed by atoms with Gasteiger partial charge < -0.3 is 24.6 Å². The number of carbonyl (C=O) groups excluding carboxylic acids is 2. The van der Waals surface area contributed by atoms with E-state index in [1.165, 1.54) is 6.42 Å². The molecule has 3 N–H and O–H groups in total. The molecule has 11 heteroatoms. The van der Waals surface area contributed by atoms with E-state index in [4.69, 9.17) is 19.1 Å². The fourth-order valence-corrected chi connectivity index (χ4v) is 4.37. The molecule has 0 spiro atoms. The summed E-state index contributed by atoms with van der Waals surface area (Å²) in [5.41, 5.74) is 0. The van der Waals surface area contributed by atoms with Crippen LogP contribution in [0.25, 0.3) is 0 Å². The van der Waals surface area contributed by atoms with Crippen molar-refractivity contribution in [3.63, 3.8) is 0 Å². The Bertz CT molecular complexity index is 685. The average Bonchev–Trinajstić information content (AvgIpc) is 2.91. The van der Waals surface area contributed by atoms with Gasteiger partial charge in [0.2, 0.25) is 0 Å². The number of esters is 2. The molecular formula is C28H53O10P. The van der Waals surface area contributed by atoms with E-state index in [1.807, 2.05) is 0 Å². The summed E-state index contributed by atoms with van der Waals surface area (Å²) in [6, 6.07) is 0. The molecule has 0 fully saturated rings. The van der Waals surface area contributed by atoms with Gasteiger partial charge in [-0.25, -0.2) is 4.57 Å². The Hall–Kier alpha value is -1.29. The van der Waals surface area contributed by atoms with Gasteiger partial charge in [0.15, 0.2) is 6.10 Å². The molecule has 0 rings (SSSR count). The Labute approximate surface area is 235 Å². The van der Waals surface area contributed by atoms with E-state index >= 15 is 0 Å². The topological polar surface area (TPSA) is 149 Å². The van der Waals surface area contributed by atoms with E-state index in [0.717, 1.165) is 70.6 Å². The first-order valence-electron chi connectivity index (χ1n) is 14.6. The van der Waals surface area contributed by atoms with Crippen molar-refractivity contribution in [1.29, 1.82) is 0 Å². The first kappa shape index (κ1) is 37.7. The Morgan fingerprint density at radius 2 is 1.31 bits per heavy atom. The molecule has 0 radical (unpaired) electrons. The predicted molar refractivity (Wildman–Crippen MR) is 150 cm³/mol. The lowest BCUT2D eigenvalue weighted by molar-refractivity contribution is -0.161. The van der Waals surface area contributed by atoms with Gasteiger partial charge in [0, 0.05) is 12.8 Å². The monoisotopic (exact) mass is 580 g/mol. The number of aliphatic hydroxyl groups excluding tert-OH is 2. The van der Waals surface area contributed by atoms with Gasteiger partial charge in [0.1, 0.15) is 12.7 Å². The maximum atomic E-state index is 12.4. The summed E-state index contributed by atoms with van der Waals surface area (Å²) >= 11 is 0. The van der Waals surface area contributed by atoms with Crippen molar-refractivity contribution in [2.45, 2.75) is 129 Å². The van der Waals surface area contributed by atoms with Crippen LogP contribution in [0.2, 0.25) is 0 Å². The number of unbranched alkanes of at least 4 members (excludes halogenated alkanes) is 11. The average molecular weight is 581 g/mol. The van der Waals surface area contributed by atoms with E-state index < -0.39 is 51.8 Å². The number of phosphoric acid groups is 1. The Balaban J connectivity index is 4.52. The molecule has 39 heavy (non-hydrogen) atoms. The molecule has 3 atom stereocenters. The Morgan fingerprint density at radius 1 is 0.744 bits per heavy atom. The number of hydrogen-bond donors (Lipinski definition) is 3. The highest BCUT2D eigenvalue weighted by molar-refractivity contribution is 7.47. The predicted octanol–water partition coefficient (Wildman–Crippen LogP) is 5.77. The van der Waals surface area contributed by atoms with E-state index in [1.54, 1.807) is 0 Å². The van der Waals surface area contributed by atoms with E-state index in [-0.39, 0.29) is 19.4 Å². The maximum Gasteiger partial charge on any atom is 0.472 e. The maximum absolute atomic E-state index is 12.4. The summed E-state index contributed by atoms with van der Waals surface area (Å²) in [5, 5.41) is 18.1. The van der Waals surface area contributed by atoms with Crippen LogP contribution in [-0.2, 0) is 32.7 Å². The quantitative estimate of drug-likeness (QED) is 0.0473. The first-order chi connectivity index (χ1) is 18.7. The fraction of sp³-hybridized carbons (Fsp3) is 0.857. The van der Waals surface area contributed by atoms with Gasteiger partial charge in [0.05, 0.1) is 19.8 Å². The van der Waals surface area contributed by atoms with Crippen molar-refractivity contribution >= 4 is 19.8 Å². The van der Waals surface area contributed by atoms with Gasteiger partial charge in [-0.2, -0.15) is 0 Å². The van der Waals surface area contributed by atoms with Gasteiger partial charge in [0.25, 0.3) is 0 Å². The number of ether oxygens (including phenoxy) is 2. The second-order valence-electron chi connectivity index (χ2n) is 9.78. The highest BCUT2D eigenvalue weighted by Gasteiger charge is 2.27. The van der Waals surface area contributed by atoms with Crippen LogP contribution in [0, 0.1) is 0 Å². The molecule has 0 amide bonds. The SMILES string of the molecule is CCC/C=C\CCCCCCCC(=O)OC(COC(=O)CCCCCCCC)COP(=O)(O)OCC(O)CO. The molecule has 0 heterocycles. The summed E-state index contributed by atoms with van der Waals surface area (Å²) in [7, 11) is -4.59. The van der Waals surface area contributed by atoms with Gasteiger partial charge in [-0.3, -0.25) is 18.6 Å². The third kappa shape index (κ3) is 25.4. The van der Waals surface area contributed by atoms with Gasteiger partial charge in [-0.05, 0) is 32.1 Å². The number of allylic oxidation sites excluding steroid dienone is 2. The molecule has 0 aliphatic carbocycles. The van der Waals surface area contributed by atoms with Crippen molar-refractivity contribution in [2.75, 3.05) is 26.4 Å². The third-order valence-corrected chi connectivity index (χ3v) is 6.85. The van der Waals surface area contributed by atoms with Gasteiger partial charge in [-0.1, -0.05) is 83.8 Å². The molecule has 230 valence electrons. The fourth-order valence-electron chi connectivity index (χ4n) is 3.58. The molecule has 0 aromatic rings. The van der Waals surface area contributed by atoms with Crippen LogP contribution in [-0.4, -0.2) is 65.7 Å². The van der Waals surface area contributed by atoms with Crippen molar-refractivity contribution in [3.05, 3.63) is 12.2 Å². The zero-order chi connectivity index (χ0) is 29.2. The van der Waals surface area contributed by atoms with E-state index in [9.17, 15) is 24.2 Å². The number of hydrogen-bond acceptors (Lipinski definition) is 9. The van der Waals surface area contributed by atoms with Crippen LogP contribution in [0.3, 0.4) is 0 Å². The molecule has 0 saturated heterocycles. The standard InChI is InChI=1S/C28H53O10P/c1-3-5-7-9-11-12-13-14-16-18-20-28(32)38-26(24-37-39(33,34)36-22-25(30)21-29)23-35-27(31)19-17-15-10-8-6-4-2/h7,9,25-26,29-30H,3-6,8,10-24H2,1-2H3,(H,33,34)/b9-7-. The number of aliphatic hydroxyl groups is 2. The minimum absolute atomic E-state index is 0.175. The number of carbonyl (C=O) groups is 2. The summed E-state index contributed by atoms with van der Waals surface area (Å²) in [6.07, 6.45) is 16.6. The zero-order valence-electron chi connectivity index (χ0n) is 24.1. The second kappa shape index (κ2) is 25.7. The van der Waals surface area contributed by atoms with E-state index in [2.05, 4.69) is 30.5 Å². The Kier molecular flexibility index (Phi) is 24.8. The van der Waals surface area contributed by atoms with Crippen LogP contribution >= 0.6 is 7.82 Å². The van der Waals surface area contributed by atoms with Crippen molar-refractivity contribution < 1.29 is 47.8 Å². The zero-order valence-corrected chi connectivity index (χ0v) is 25.0. The lowest BCUT2D eigenvalue weighted by Gasteiger charge is -2.20. The van der Waals surface area contributed by atoms with Crippen molar-refractivity contribution in [1.82, 2.24) is 0 Å². The summed E-state index contributed by atoms with van der Waals surface area (Å²) in [6.45, 7) is 2.18. The molecule has 10 nitrogen and oxygen atoms in total. The molecule has 3 unspecified atom stereocenters. The lowest BCUT2D eigenvalue weighted by atomic mass is 10.1. The smallest absolute Gasteiger partial charge is 0.462 e. The number of phosphoric ester groups is 1. The third-order valence-electron chi connectivity index (χ3n) is 5.90. The highest BCUT2D eigenvalue weighted by Crippen LogP contribution is 2.43. The largest absolute Gasteiger partial charge is 0.472 e. The summed E-state index contributed by atoms with van der Waals surface area (Å²) in [5.74, 6) is -0.951. The van der Waals surface area contributed by atoms with Crippen LogP contribution in [0.4, 0.5) is 0 Å². The van der Waals surface area contributed by atoms with Crippen LogP contribution < -0.4 is 0 Å². The van der Waals surface area contributed by atoms with Crippen LogP contribution in [0.1, 0.15) is 117 Å². The number of rotatable bonds is 27.